The summed E-state index contributed by atoms with van der Waals surface area (Å²) in [6, 6.07) is 2.28. The summed E-state index contributed by atoms with van der Waals surface area (Å²) in [6.45, 7) is -3.25. The highest BCUT2D eigenvalue weighted by molar-refractivity contribution is 5.49. The Hall–Kier alpha value is -1.59. The van der Waals surface area contributed by atoms with E-state index in [0.29, 0.717) is 29.7 Å². The van der Waals surface area contributed by atoms with Gasteiger partial charge in [0.15, 0.2) is 17.4 Å². The Kier molecular flexibility index (Phi) is 6.20. The molecule has 2 aliphatic carbocycles. The summed E-state index contributed by atoms with van der Waals surface area (Å²) in [5.41, 5.74) is 0.531. The summed E-state index contributed by atoms with van der Waals surface area (Å²) in [4.78, 5) is 10.6. The zero-order chi connectivity index (χ0) is 18.7. The second-order valence-electron chi connectivity index (χ2n) is 7.65. The lowest BCUT2D eigenvalue weighted by molar-refractivity contribution is -0.108. The van der Waals surface area contributed by atoms with Gasteiger partial charge in [-0.2, -0.15) is 8.78 Å². The predicted octanol–water partition coefficient (Wildman–Crippen LogP) is 5.85. The molecule has 1 aromatic rings. The molecule has 1 aromatic carbocycles. The van der Waals surface area contributed by atoms with Crippen molar-refractivity contribution in [2.24, 2.45) is 17.8 Å². The first-order chi connectivity index (χ1) is 12.5. The molecule has 2 fully saturated rings. The normalized spacial score (nSPS) is 28.7. The Morgan fingerprint density at radius 1 is 1.04 bits per heavy atom. The highest BCUT2D eigenvalue weighted by atomic mass is 19.3. The van der Waals surface area contributed by atoms with E-state index in [1.54, 1.807) is 0 Å². The van der Waals surface area contributed by atoms with E-state index in [-0.39, 0.29) is 5.92 Å². The Labute approximate surface area is 150 Å². The zero-order valence-corrected chi connectivity index (χ0v) is 14.6. The van der Waals surface area contributed by atoms with Gasteiger partial charge in [-0.05, 0) is 79.9 Å². The quantitative estimate of drug-likeness (QED) is 0.463. The first kappa shape index (κ1) is 19.2. The highest BCUT2D eigenvalue weighted by Crippen LogP contribution is 2.48. The molecule has 4 atom stereocenters. The number of rotatable bonds is 6. The van der Waals surface area contributed by atoms with Crippen molar-refractivity contribution < 1.29 is 27.1 Å². The van der Waals surface area contributed by atoms with Crippen LogP contribution in [0.1, 0.15) is 62.8 Å². The number of carbonyl (C=O) groups excluding carboxylic acids is 1. The molecule has 2 aliphatic rings. The van der Waals surface area contributed by atoms with Crippen LogP contribution in [-0.4, -0.2) is 12.9 Å². The number of hydrogen-bond acceptors (Lipinski definition) is 2. The van der Waals surface area contributed by atoms with Crippen molar-refractivity contribution in [1.29, 1.82) is 0 Å². The van der Waals surface area contributed by atoms with Crippen molar-refractivity contribution in [3.05, 3.63) is 29.3 Å². The van der Waals surface area contributed by atoms with Crippen LogP contribution in [0.15, 0.2) is 12.1 Å². The third-order valence-corrected chi connectivity index (χ3v) is 6.11. The fraction of sp³-hybridized carbons (Fsp3) is 0.650. The van der Waals surface area contributed by atoms with E-state index >= 15 is 0 Å². The van der Waals surface area contributed by atoms with Crippen molar-refractivity contribution in [2.45, 2.75) is 63.9 Å². The van der Waals surface area contributed by atoms with Gasteiger partial charge in [-0.1, -0.05) is 6.42 Å². The minimum atomic E-state index is -3.25. The minimum Gasteiger partial charge on any atom is -0.429 e. The molecule has 0 radical (unpaired) electrons. The topological polar surface area (TPSA) is 26.3 Å². The third-order valence-electron chi connectivity index (χ3n) is 6.11. The SMILES string of the molecule is O=CCCC1CCC2CC(c3cc(F)c(OC(F)F)c(F)c3)CCC2C1. The molecule has 6 heteroatoms. The first-order valence-electron chi connectivity index (χ1n) is 9.35. The van der Waals surface area contributed by atoms with Crippen LogP contribution in [0.2, 0.25) is 0 Å². The third kappa shape index (κ3) is 4.38. The van der Waals surface area contributed by atoms with Crippen molar-refractivity contribution in [1.82, 2.24) is 0 Å². The molecule has 0 N–H and O–H groups in total. The lowest BCUT2D eigenvalue weighted by Gasteiger charge is -2.42. The van der Waals surface area contributed by atoms with E-state index in [0.717, 1.165) is 63.4 Å². The van der Waals surface area contributed by atoms with Crippen molar-refractivity contribution in [3.8, 4) is 5.75 Å². The summed E-state index contributed by atoms with van der Waals surface area (Å²) in [7, 11) is 0. The number of aldehydes is 1. The van der Waals surface area contributed by atoms with E-state index < -0.39 is 24.0 Å². The maximum absolute atomic E-state index is 14.0. The summed E-state index contributed by atoms with van der Waals surface area (Å²) >= 11 is 0. The van der Waals surface area contributed by atoms with Gasteiger partial charge in [0.05, 0.1) is 0 Å². The largest absolute Gasteiger partial charge is 0.429 e. The van der Waals surface area contributed by atoms with E-state index in [1.165, 1.54) is 0 Å². The maximum Gasteiger partial charge on any atom is 0.387 e. The van der Waals surface area contributed by atoms with Crippen molar-refractivity contribution >= 4 is 6.29 Å². The smallest absolute Gasteiger partial charge is 0.387 e. The van der Waals surface area contributed by atoms with Crippen LogP contribution in [0.3, 0.4) is 0 Å². The average Bonchev–Trinajstić information content (AvgIpc) is 2.62. The fourth-order valence-corrected chi connectivity index (χ4v) is 4.87. The average molecular weight is 372 g/mol. The number of hydrogen-bond donors (Lipinski definition) is 0. The summed E-state index contributed by atoms with van der Waals surface area (Å²) in [5, 5.41) is 0. The van der Waals surface area contributed by atoms with Crippen LogP contribution in [0.25, 0.3) is 0 Å². The molecule has 0 heterocycles. The van der Waals surface area contributed by atoms with Gasteiger partial charge in [-0.15, -0.1) is 0 Å². The molecule has 0 spiro atoms. The van der Waals surface area contributed by atoms with E-state index in [2.05, 4.69) is 4.74 Å². The van der Waals surface area contributed by atoms with Gasteiger partial charge in [0.1, 0.15) is 6.29 Å². The molecule has 2 nitrogen and oxygen atoms in total. The number of alkyl halides is 2. The lowest BCUT2D eigenvalue weighted by Crippen LogP contribution is -2.30. The summed E-state index contributed by atoms with van der Waals surface area (Å²) in [6.07, 6.45) is 8.60. The van der Waals surface area contributed by atoms with Crippen molar-refractivity contribution in [2.75, 3.05) is 0 Å². The zero-order valence-electron chi connectivity index (χ0n) is 14.6. The van der Waals surface area contributed by atoms with Crippen LogP contribution in [0.5, 0.6) is 5.75 Å². The van der Waals surface area contributed by atoms with Crippen molar-refractivity contribution in [3.63, 3.8) is 0 Å². The van der Waals surface area contributed by atoms with Gasteiger partial charge in [-0.25, -0.2) is 8.78 Å². The van der Waals surface area contributed by atoms with Crippen LogP contribution in [0, 0.1) is 29.4 Å². The number of fused-ring (bicyclic) bond motifs is 1. The first-order valence-corrected chi connectivity index (χ1v) is 9.35. The molecule has 4 unspecified atom stereocenters. The molecule has 26 heavy (non-hydrogen) atoms. The molecule has 0 amide bonds. The van der Waals surface area contributed by atoms with E-state index in [4.69, 9.17) is 0 Å². The number of carbonyl (C=O) groups is 1. The fourth-order valence-electron chi connectivity index (χ4n) is 4.87. The molecule has 0 aliphatic heterocycles. The molecule has 144 valence electrons. The molecular formula is C20H24F4O2. The van der Waals surface area contributed by atoms with Crippen LogP contribution in [0.4, 0.5) is 17.6 Å². The minimum absolute atomic E-state index is 0.0485. The molecule has 0 aromatic heterocycles. The van der Waals surface area contributed by atoms with Gasteiger partial charge in [0.2, 0.25) is 0 Å². The standard InChI is InChI=1S/C20H24F4O2/c21-17-10-16(11-18(22)19(17)26-20(23)24)15-6-5-13-8-12(2-1-7-25)3-4-14(13)9-15/h7,10-15,20H,1-6,8-9H2. The van der Waals surface area contributed by atoms with Crippen LogP contribution >= 0.6 is 0 Å². The van der Waals surface area contributed by atoms with Gasteiger partial charge < -0.3 is 9.53 Å². The Morgan fingerprint density at radius 2 is 1.69 bits per heavy atom. The lowest BCUT2D eigenvalue weighted by atomic mass is 9.63. The Balaban J connectivity index is 1.65. The molecule has 0 bridgehead atoms. The summed E-state index contributed by atoms with van der Waals surface area (Å²) < 4.78 is 56.5. The van der Waals surface area contributed by atoms with Gasteiger partial charge in [0.25, 0.3) is 0 Å². The monoisotopic (exact) mass is 372 g/mol. The molecule has 3 rings (SSSR count). The van der Waals surface area contributed by atoms with E-state index in [9.17, 15) is 22.4 Å². The number of halogens is 4. The predicted molar refractivity (Wildman–Crippen MR) is 89.2 cm³/mol. The maximum atomic E-state index is 14.0. The second-order valence-corrected chi connectivity index (χ2v) is 7.65. The van der Waals surface area contributed by atoms with Gasteiger partial charge >= 0.3 is 6.61 Å². The molecule has 2 saturated carbocycles. The van der Waals surface area contributed by atoms with Gasteiger partial charge in [0, 0.05) is 6.42 Å². The number of ether oxygens (including phenoxy) is 1. The van der Waals surface area contributed by atoms with E-state index in [1.807, 2.05) is 0 Å². The second kappa shape index (κ2) is 8.40. The summed E-state index contributed by atoms with van der Waals surface area (Å²) in [5.74, 6) is -1.34. The highest BCUT2D eigenvalue weighted by Gasteiger charge is 2.36. The Morgan fingerprint density at radius 3 is 2.35 bits per heavy atom. The van der Waals surface area contributed by atoms with Gasteiger partial charge in [-0.3, -0.25) is 0 Å². The number of benzene rings is 1. The van der Waals surface area contributed by atoms with Crippen LogP contribution in [-0.2, 0) is 4.79 Å². The molecular weight excluding hydrogens is 348 g/mol. The Bertz CT molecular complexity index is 611. The molecule has 0 saturated heterocycles. The van der Waals surface area contributed by atoms with Crippen LogP contribution < -0.4 is 4.74 Å².